The first-order chi connectivity index (χ1) is 6.65. The first-order valence-corrected chi connectivity index (χ1v) is 4.04. The van der Waals surface area contributed by atoms with Crippen LogP contribution in [-0.2, 0) is 11.2 Å². The molecule has 0 unspecified atom stereocenters. The average molecular weight is 193 g/mol. The van der Waals surface area contributed by atoms with Gasteiger partial charge in [0.2, 0.25) is 0 Å². The van der Waals surface area contributed by atoms with Crippen LogP contribution in [0.4, 0.5) is 4.39 Å². The van der Waals surface area contributed by atoms with Crippen molar-refractivity contribution in [2.24, 2.45) is 0 Å². The minimum Gasteiger partial charge on any atom is -0.481 e. The summed E-state index contributed by atoms with van der Waals surface area (Å²) in [7, 11) is 0. The second kappa shape index (κ2) is 4.38. The third kappa shape index (κ3) is 2.30. The Morgan fingerprint density at radius 2 is 2.29 bits per heavy atom. The van der Waals surface area contributed by atoms with Gasteiger partial charge in [0.1, 0.15) is 11.9 Å². The van der Waals surface area contributed by atoms with Crippen LogP contribution >= 0.6 is 0 Å². The Morgan fingerprint density at radius 1 is 1.57 bits per heavy atom. The fourth-order valence-corrected chi connectivity index (χ4v) is 1.14. The van der Waals surface area contributed by atoms with E-state index in [1.54, 1.807) is 12.1 Å². The lowest BCUT2D eigenvalue weighted by Gasteiger charge is -2.01. The zero-order valence-corrected chi connectivity index (χ0v) is 7.33. The van der Waals surface area contributed by atoms with Gasteiger partial charge in [-0.05, 0) is 18.1 Å². The molecule has 3 nitrogen and oxygen atoms in total. The standard InChI is InChI=1S/C10H8FNO2/c11-9-3-1-2-7(8(9)6-12)4-5-10(13)14/h1-3H,4-5H2,(H,13,14). The minimum absolute atomic E-state index is 0.0613. The number of aryl methyl sites for hydroxylation is 1. The summed E-state index contributed by atoms with van der Waals surface area (Å²) < 4.78 is 13.0. The van der Waals surface area contributed by atoms with Gasteiger partial charge in [0.25, 0.3) is 0 Å². The summed E-state index contributed by atoms with van der Waals surface area (Å²) in [4.78, 5) is 10.3. The van der Waals surface area contributed by atoms with Crippen molar-refractivity contribution in [2.45, 2.75) is 12.8 Å². The molecule has 4 heteroatoms. The Bertz CT molecular complexity index is 396. The highest BCUT2D eigenvalue weighted by atomic mass is 19.1. The lowest BCUT2D eigenvalue weighted by molar-refractivity contribution is -0.136. The predicted octanol–water partition coefficient (Wildman–Crippen LogP) is 1.71. The van der Waals surface area contributed by atoms with Crippen molar-refractivity contribution in [3.8, 4) is 6.07 Å². The van der Waals surface area contributed by atoms with Crippen LogP contribution < -0.4 is 0 Å². The van der Waals surface area contributed by atoms with Gasteiger partial charge in [-0.3, -0.25) is 4.79 Å². The van der Waals surface area contributed by atoms with Crippen molar-refractivity contribution < 1.29 is 14.3 Å². The molecule has 0 aliphatic heterocycles. The fourth-order valence-electron chi connectivity index (χ4n) is 1.14. The molecular formula is C10H8FNO2. The number of halogens is 1. The van der Waals surface area contributed by atoms with E-state index in [9.17, 15) is 9.18 Å². The van der Waals surface area contributed by atoms with E-state index in [4.69, 9.17) is 10.4 Å². The molecule has 0 aromatic heterocycles. The minimum atomic E-state index is -0.960. The predicted molar refractivity (Wildman–Crippen MR) is 47.1 cm³/mol. The summed E-state index contributed by atoms with van der Waals surface area (Å²) in [5.41, 5.74) is 0.378. The number of nitrogens with zero attached hydrogens (tertiary/aromatic N) is 1. The Balaban J connectivity index is 2.92. The van der Waals surface area contributed by atoms with Crippen molar-refractivity contribution in [1.29, 1.82) is 5.26 Å². The number of hydrogen-bond acceptors (Lipinski definition) is 2. The van der Waals surface area contributed by atoms with E-state index in [1.165, 1.54) is 12.1 Å². The summed E-state index contributed by atoms with van der Waals surface area (Å²) in [6, 6.07) is 5.93. The van der Waals surface area contributed by atoms with Gasteiger partial charge in [0, 0.05) is 6.42 Å². The van der Waals surface area contributed by atoms with Gasteiger partial charge in [-0.25, -0.2) is 4.39 Å². The molecule has 1 aromatic carbocycles. The van der Waals surface area contributed by atoms with E-state index in [2.05, 4.69) is 0 Å². The smallest absolute Gasteiger partial charge is 0.303 e. The van der Waals surface area contributed by atoms with Gasteiger partial charge in [-0.15, -0.1) is 0 Å². The molecule has 1 rings (SSSR count). The van der Waals surface area contributed by atoms with Crippen LogP contribution in [0.1, 0.15) is 17.5 Å². The third-order valence-electron chi connectivity index (χ3n) is 1.82. The van der Waals surface area contributed by atoms with Gasteiger partial charge in [0.15, 0.2) is 0 Å². The van der Waals surface area contributed by atoms with Crippen molar-refractivity contribution in [3.63, 3.8) is 0 Å². The molecule has 1 aromatic rings. The van der Waals surface area contributed by atoms with Gasteiger partial charge >= 0.3 is 5.97 Å². The van der Waals surface area contributed by atoms with Gasteiger partial charge in [0.05, 0.1) is 5.56 Å². The number of carboxylic acids is 1. The van der Waals surface area contributed by atoms with Gasteiger partial charge in [-0.2, -0.15) is 5.26 Å². The molecular weight excluding hydrogens is 185 g/mol. The molecule has 0 spiro atoms. The third-order valence-corrected chi connectivity index (χ3v) is 1.82. The van der Waals surface area contributed by atoms with E-state index in [-0.39, 0.29) is 18.4 Å². The first kappa shape index (κ1) is 10.2. The zero-order valence-electron chi connectivity index (χ0n) is 7.33. The topological polar surface area (TPSA) is 61.1 Å². The Morgan fingerprint density at radius 3 is 2.86 bits per heavy atom. The van der Waals surface area contributed by atoms with Crippen LogP contribution in [0.15, 0.2) is 18.2 Å². The van der Waals surface area contributed by atoms with E-state index < -0.39 is 11.8 Å². The molecule has 72 valence electrons. The fraction of sp³-hybridized carbons (Fsp3) is 0.200. The normalized spacial score (nSPS) is 9.43. The van der Waals surface area contributed by atoms with Crippen LogP contribution in [0.25, 0.3) is 0 Å². The van der Waals surface area contributed by atoms with Crippen LogP contribution in [-0.4, -0.2) is 11.1 Å². The molecule has 0 bridgehead atoms. The summed E-state index contributed by atoms with van der Waals surface area (Å²) >= 11 is 0. The van der Waals surface area contributed by atoms with Crippen molar-refractivity contribution in [2.75, 3.05) is 0 Å². The number of carbonyl (C=O) groups is 1. The molecule has 0 heterocycles. The molecule has 0 radical (unpaired) electrons. The number of aliphatic carboxylic acids is 1. The van der Waals surface area contributed by atoms with E-state index in [0.717, 1.165) is 0 Å². The monoisotopic (exact) mass is 193 g/mol. The molecule has 0 saturated heterocycles. The Hall–Kier alpha value is -1.89. The van der Waals surface area contributed by atoms with Gasteiger partial charge < -0.3 is 5.11 Å². The van der Waals surface area contributed by atoms with E-state index in [0.29, 0.717) is 5.56 Å². The number of hydrogen-bond donors (Lipinski definition) is 1. The van der Waals surface area contributed by atoms with E-state index in [1.807, 2.05) is 0 Å². The van der Waals surface area contributed by atoms with E-state index >= 15 is 0 Å². The highest BCUT2D eigenvalue weighted by Gasteiger charge is 2.08. The second-order valence-corrected chi connectivity index (χ2v) is 2.78. The van der Waals surface area contributed by atoms with Crippen molar-refractivity contribution in [3.05, 3.63) is 35.1 Å². The highest BCUT2D eigenvalue weighted by molar-refractivity contribution is 5.67. The number of carboxylic acid groups (broad SMARTS) is 1. The molecule has 1 N–H and O–H groups in total. The van der Waals surface area contributed by atoms with Gasteiger partial charge in [-0.1, -0.05) is 12.1 Å². The van der Waals surface area contributed by atoms with Crippen LogP contribution in [0.3, 0.4) is 0 Å². The Labute approximate surface area is 80.4 Å². The summed E-state index contributed by atoms with van der Waals surface area (Å²) in [6.45, 7) is 0. The highest BCUT2D eigenvalue weighted by Crippen LogP contribution is 2.13. The summed E-state index contributed by atoms with van der Waals surface area (Å²) in [5.74, 6) is -1.56. The number of rotatable bonds is 3. The molecule has 0 saturated carbocycles. The number of nitriles is 1. The lowest BCUT2D eigenvalue weighted by Crippen LogP contribution is -2.00. The molecule has 0 amide bonds. The first-order valence-electron chi connectivity index (χ1n) is 4.04. The van der Waals surface area contributed by atoms with Crippen molar-refractivity contribution in [1.82, 2.24) is 0 Å². The summed E-state index contributed by atoms with van der Waals surface area (Å²) in [5, 5.41) is 17.1. The maximum Gasteiger partial charge on any atom is 0.303 e. The maximum absolute atomic E-state index is 13.0. The molecule has 0 aliphatic rings. The Kier molecular flexibility index (Phi) is 3.19. The maximum atomic E-state index is 13.0. The zero-order chi connectivity index (χ0) is 10.6. The van der Waals surface area contributed by atoms with Crippen molar-refractivity contribution >= 4 is 5.97 Å². The van der Waals surface area contributed by atoms with Crippen LogP contribution in [0.2, 0.25) is 0 Å². The largest absolute Gasteiger partial charge is 0.481 e. The second-order valence-electron chi connectivity index (χ2n) is 2.78. The molecule has 0 aliphatic carbocycles. The summed E-state index contributed by atoms with van der Waals surface area (Å²) in [6.07, 6.45) is 0.0775. The SMILES string of the molecule is N#Cc1c(F)cccc1CCC(=O)O. The molecule has 0 fully saturated rings. The molecule has 14 heavy (non-hydrogen) atoms. The molecule has 0 atom stereocenters. The van der Waals surface area contributed by atoms with Crippen LogP contribution in [0, 0.1) is 17.1 Å². The number of benzene rings is 1. The van der Waals surface area contributed by atoms with Crippen LogP contribution in [0.5, 0.6) is 0 Å². The lowest BCUT2D eigenvalue weighted by atomic mass is 10.0. The average Bonchev–Trinajstić information content (AvgIpc) is 2.14. The quantitative estimate of drug-likeness (QED) is 0.794.